The fourth-order valence-electron chi connectivity index (χ4n) is 1.48. The molecule has 0 aliphatic rings. The van der Waals surface area contributed by atoms with Crippen molar-refractivity contribution < 1.29 is 12.8 Å². The van der Waals surface area contributed by atoms with E-state index >= 15 is 0 Å². The fourth-order valence-corrected chi connectivity index (χ4v) is 2.38. The van der Waals surface area contributed by atoms with E-state index in [0.717, 1.165) is 0 Å². The molecule has 0 spiro atoms. The summed E-state index contributed by atoms with van der Waals surface area (Å²) in [4.78, 5) is 7.57. The Morgan fingerprint density at radius 3 is 2.45 bits per heavy atom. The fraction of sp³-hybridized carbons (Fsp3) is 0.167. The average molecular weight is 296 g/mol. The maximum atomic E-state index is 13.4. The summed E-state index contributed by atoms with van der Waals surface area (Å²) < 4.78 is 39.7. The molecule has 2 N–H and O–H groups in total. The Morgan fingerprint density at radius 1 is 1.20 bits per heavy atom. The van der Waals surface area contributed by atoms with Crippen molar-refractivity contribution in [3.63, 3.8) is 0 Å². The summed E-state index contributed by atoms with van der Waals surface area (Å²) in [5, 5.41) is 2.68. The Labute approximate surface area is 116 Å². The van der Waals surface area contributed by atoms with Gasteiger partial charge in [0.15, 0.2) is 0 Å². The number of aromatic nitrogens is 2. The molecule has 8 heteroatoms. The molecule has 20 heavy (non-hydrogen) atoms. The van der Waals surface area contributed by atoms with Crippen LogP contribution in [0.4, 0.5) is 10.3 Å². The molecule has 1 aromatic carbocycles. The first-order chi connectivity index (χ1) is 9.53. The number of hydrogen-bond acceptors (Lipinski definition) is 5. The van der Waals surface area contributed by atoms with Crippen molar-refractivity contribution in [2.75, 3.05) is 12.4 Å². The topological polar surface area (TPSA) is 84.0 Å². The number of hydrogen-bond donors (Lipinski definition) is 2. The zero-order chi connectivity index (χ0) is 14.6. The molecule has 0 aliphatic carbocycles. The number of nitrogens with one attached hydrogen (secondary N) is 2. The van der Waals surface area contributed by atoms with Crippen LogP contribution in [0.5, 0.6) is 0 Å². The van der Waals surface area contributed by atoms with E-state index in [1.807, 2.05) is 0 Å². The van der Waals surface area contributed by atoms with Crippen LogP contribution in [-0.2, 0) is 16.6 Å². The lowest BCUT2D eigenvalue weighted by atomic mass is 10.2. The van der Waals surface area contributed by atoms with Crippen molar-refractivity contribution in [1.82, 2.24) is 14.7 Å². The van der Waals surface area contributed by atoms with E-state index < -0.39 is 15.8 Å². The third kappa shape index (κ3) is 3.28. The van der Waals surface area contributed by atoms with Crippen molar-refractivity contribution in [2.45, 2.75) is 11.4 Å². The predicted octanol–water partition coefficient (Wildman–Crippen LogP) is 1.14. The van der Waals surface area contributed by atoms with E-state index in [4.69, 9.17) is 0 Å². The maximum Gasteiger partial charge on any atom is 0.243 e. The van der Waals surface area contributed by atoms with Gasteiger partial charge in [-0.3, -0.25) is 0 Å². The molecule has 0 atom stereocenters. The summed E-state index contributed by atoms with van der Waals surface area (Å²) in [6.45, 7) is -0.136. The van der Waals surface area contributed by atoms with Gasteiger partial charge >= 0.3 is 0 Å². The summed E-state index contributed by atoms with van der Waals surface area (Å²) in [7, 11) is -2.14. The van der Waals surface area contributed by atoms with E-state index in [9.17, 15) is 12.8 Å². The lowest BCUT2D eigenvalue weighted by Crippen LogP contribution is -2.24. The Kier molecular flexibility index (Phi) is 4.26. The van der Waals surface area contributed by atoms with Gasteiger partial charge in [-0.1, -0.05) is 18.2 Å². The molecule has 0 saturated carbocycles. The van der Waals surface area contributed by atoms with Crippen LogP contribution in [0.1, 0.15) is 5.56 Å². The predicted molar refractivity (Wildman–Crippen MR) is 72.0 cm³/mol. The lowest BCUT2D eigenvalue weighted by molar-refractivity contribution is 0.573. The van der Waals surface area contributed by atoms with Crippen LogP contribution in [0, 0.1) is 5.82 Å². The van der Waals surface area contributed by atoms with Gasteiger partial charge in [-0.05, 0) is 6.07 Å². The van der Waals surface area contributed by atoms with Crippen molar-refractivity contribution in [3.8, 4) is 0 Å². The van der Waals surface area contributed by atoms with Crippen LogP contribution in [0.25, 0.3) is 0 Å². The second-order valence-electron chi connectivity index (χ2n) is 3.91. The number of nitrogens with zero attached hydrogens (tertiary/aromatic N) is 2. The Balaban J connectivity index is 2.13. The minimum Gasteiger partial charge on any atom is -0.357 e. The molecule has 1 aromatic heterocycles. The minimum absolute atomic E-state index is 0.0761. The minimum atomic E-state index is -3.77. The second kappa shape index (κ2) is 5.93. The quantitative estimate of drug-likeness (QED) is 0.864. The van der Waals surface area contributed by atoms with Crippen molar-refractivity contribution in [1.29, 1.82) is 0 Å². The third-order valence-corrected chi connectivity index (χ3v) is 3.93. The standard InChI is InChI=1S/C12H13FN4O2S/c1-14-12-15-7-10(8-16-12)20(18,19)17-6-9-4-2-3-5-11(9)13/h2-5,7-8,17H,6H2,1H3,(H,14,15,16). The van der Waals surface area contributed by atoms with Gasteiger partial charge in [0.05, 0.1) is 12.4 Å². The first-order valence-corrected chi connectivity index (χ1v) is 7.24. The van der Waals surface area contributed by atoms with E-state index in [1.54, 1.807) is 13.1 Å². The number of rotatable bonds is 5. The first kappa shape index (κ1) is 14.4. The average Bonchev–Trinajstić information content (AvgIpc) is 2.46. The number of anilines is 1. The van der Waals surface area contributed by atoms with Crippen LogP contribution in [0.15, 0.2) is 41.6 Å². The van der Waals surface area contributed by atoms with Gasteiger partial charge in [0.1, 0.15) is 10.7 Å². The third-order valence-electron chi connectivity index (χ3n) is 2.57. The molecule has 0 saturated heterocycles. The van der Waals surface area contributed by atoms with E-state index in [2.05, 4.69) is 20.0 Å². The Hall–Kier alpha value is -2.06. The zero-order valence-corrected chi connectivity index (χ0v) is 11.5. The normalized spacial score (nSPS) is 11.3. The molecule has 1 heterocycles. The summed E-state index contributed by atoms with van der Waals surface area (Å²) in [6, 6.07) is 5.96. The molecule has 0 aliphatic heterocycles. The van der Waals surface area contributed by atoms with Crippen molar-refractivity contribution >= 4 is 16.0 Å². The Bertz CT molecular complexity index is 689. The molecule has 0 fully saturated rings. The smallest absolute Gasteiger partial charge is 0.243 e. The second-order valence-corrected chi connectivity index (χ2v) is 5.68. The summed E-state index contributed by atoms with van der Waals surface area (Å²) in [5.74, 6) is -0.143. The van der Waals surface area contributed by atoms with E-state index in [1.165, 1.54) is 30.6 Å². The SMILES string of the molecule is CNc1ncc(S(=O)(=O)NCc2ccccc2F)cn1. The highest BCUT2D eigenvalue weighted by Gasteiger charge is 2.15. The molecule has 6 nitrogen and oxygen atoms in total. The van der Waals surface area contributed by atoms with Crippen molar-refractivity contribution in [2.24, 2.45) is 0 Å². The van der Waals surface area contributed by atoms with Crippen LogP contribution >= 0.6 is 0 Å². The van der Waals surface area contributed by atoms with Gasteiger partial charge in [-0.25, -0.2) is 27.5 Å². The Morgan fingerprint density at radius 2 is 1.85 bits per heavy atom. The maximum absolute atomic E-state index is 13.4. The van der Waals surface area contributed by atoms with Gasteiger partial charge < -0.3 is 5.32 Å². The van der Waals surface area contributed by atoms with Gasteiger partial charge in [-0.15, -0.1) is 0 Å². The van der Waals surface area contributed by atoms with Crippen molar-refractivity contribution in [3.05, 3.63) is 48.0 Å². The van der Waals surface area contributed by atoms with Gasteiger partial charge in [0, 0.05) is 19.2 Å². The van der Waals surface area contributed by atoms with Gasteiger partial charge in [0.2, 0.25) is 16.0 Å². The molecule has 0 amide bonds. The lowest BCUT2D eigenvalue weighted by Gasteiger charge is -2.07. The summed E-state index contributed by atoms with van der Waals surface area (Å²) in [5.41, 5.74) is 0.267. The summed E-state index contributed by atoms with van der Waals surface area (Å²) in [6.07, 6.45) is 2.37. The number of sulfonamides is 1. The molecular weight excluding hydrogens is 283 g/mol. The molecular formula is C12H13FN4O2S. The van der Waals surface area contributed by atoms with Crippen LogP contribution < -0.4 is 10.0 Å². The first-order valence-electron chi connectivity index (χ1n) is 5.76. The molecule has 106 valence electrons. The van der Waals surface area contributed by atoms with Crippen LogP contribution in [0.2, 0.25) is 0 Å². The van der Waals surface area contributed by atoms with Gasteiger partial charge in [0.25, 0.3) is 0 Å². The van der Waals surface area contributed by atoms with E-state index in [-0.39, 0.29) is 17.0 Å². The number of halogens is 1. The molecule has 0 unspecified atom stereocenters. The largest absolute Gasteiger partial charge is 0.357 e. The summed E-state index contributed by atoms with van der Waals surface area (Å²) >= 11 is 0. The zero-order valence-electron chi connectivity index (χ0n) is 10.7. The van der Waals surface area contributed by atoms with Crippen LogP contribution in [-0.4, -0.2) is 25.4 Å². The van der Waals surface area contributed by atoms with E-state index in [0.29, 0.717) is 5.95 Å². The highest BCUT2D eigenvalue weighted by molar-refractivity contribution is 7.89. The molecule has 2 aromatic rings. The molecule has 2 rings (SSSR count). The number of benzene rings is 1. The van der Waals surface area contributed by atoms with Crippen LogP contribution in [0.3, 0.4) is 0 Å². The molecule has 0 radical (unpaired) electrons. The van der Waals surface area contributed by atoms with Gasteiger partial charge in [-0.2, -0.15) is 0 Å². The highest BCUT2D eigenvalue weighted by atomic mass is 32.2. The monoisotopic (exact) mass is 296 g/mol. The molecule has 0 bridgehead atoms. The highest BCUT2D eigenvalue weighted by Crippen LogP contribution is 2.10.